The van der Waals surface area contributed by atoms with Crippen LogP contribution in [0.4, 0.5) is 13.2 Å². The van der Waals surface area contributed by atoms with Crippen LogP contribution in [0.2, 0.25) is 5.02 Å². The maximum absolute atomic E-state index is 13.6. The molecule has 0 saturated heterocycles. The van der Waals surface area contributed by atoms with Gasteiger partial charge in [-0.1, -0.05) is 35.9 Å². The SMILES string of the molecule is FC(F)(F)c1nc2ccccc2nc1-n1nccc1-c1ccc(Cl)cc1. The van der Waals surface area contributed by atoms with Crippen LogP contribution >= 0.6 is 11.6 Å². The lowest BCUT2D eigenvalue weighted by molar-refractivity contribution is -0.141. The first-order valence-electron chi connectivity index (χ1n) is 7.58. The highest BCUT2D eigenvalue weighted by Crippen LogP contribution is 2.34. The van der Waals surface area contributed by atoms with Crippen molar-refractivity contribution in [1.29, 1.82) is 0 Å². The number of fused-ring (bicyclic) bond motifs is 1. The molecule has 4 nitrogen and oxygen atoms in total. The fourth-order valence-corrected chi connectivity index (χ4v) is 2.77. The van der Waals surface area contributed by atoms with Crippen LogP contribution in [0.3, 0.4) is 0 Å². The lowest BCUT2D eigenvalue weighted by atomic mass is 10.1. The Labute approximate surface area is 150 Å². The van der Waals surface area contributed by atoms with Gasteiger partial charge >= 0.3 is 6.18 Å². The Morgan fingerprint density at radius 1 is 0.846 bits per heavy atom. The molecule has 2 aromatic heterocycles. The van der Waals surface area contributed by atoms with Crippen LogP contribution in [-0.4, -0.2) is 19.7 Å². The van der Waals surface area contributed by atoms with E-state index in [9.17, 15) is 13.2 Å². The first-order chi connectivity index (χ1) is 12.4. The van der Waals surface area contributed by atoms with E-state index in [1.54, 1.807) is 48.5 Å². The zero-order valence-corrected chi connectivity index (χ0v) is 13.8. The van der Waals surface area contributed by atoms with E-state index in [1.807, 2.05) is 0 Å². The van der Waals surface area contributed by atoms with Gasteiger partial charge in [-0.2, -0.15) is 18.3 Å². The van der Waals surface area contributed by atoms with Crippen molar-refractivity contribution >= 4 is 22.6 Å². The quantitative estimate of drug-likeness (QED) is 0.487. The van der Waals surface area contributed by atoms with Crippen molar-refractivity contribution in [3.05, 3.63) is 71.5 Å². The summed E-state index contributed by atoms with van der Waals surface area (Å²) >= 11 is 5.89. The van der Waals surface area contributed by atoms with Crippen LogP contribution in [0.5, 0.6) is 0 Å². The summed E-state index contributed by atoms with van der Waals surface area (Å²) in [5.41, 5.74) is 0.554. The second-order valence-corrected chi connectivity index (χ2v) is 5.95. The molecule has 0 radical (unpaired) electrons. The minimum atomic E-state index is -4.67. The standard InChI is InChI=1S/C18H10ClF3N4/c19-12-7-5-11(6-8-12)15-9-10-23-26(15)17-16(18(20,21)22)24-13-3-1-2-4-14(13)25-17/h1-10H. The summed E-state index contributed by atoms with van der Waals surface area (Å²) in [6.07, 6.45) is -3.25. The molecule has 0 N–H and O–H groups in total. The lowest BCUT2D eigenvalue weighted by Gasteiger charge is -2.14. The van der Waals surface area contributed by atoms with Crippen LogP contribution in [0.25, 0.3) is 28.1 Å². The fraction of sp³-hybridized carbons (Fsp3) is 0.0556. The molecule has 0 fully saturated rings. The van der Waals surface area contributed by atoms with Gasteiger partial charge in [-0.05, 0) is 30.3 Å². The Kier molecular flexibility index (Phi) is 3.88. The van der Waals surface area contributed by atoms with Crippen molar-refractivity contribution in [1.82, 2.24) is 19.7 Å². The molecule has 0 aliphatic heterocycles. The van der Waals surface area contributed by atoms with Gasteiger partial charge in [0.05, 0.1) is 22.9 Å². The fourth-order valence-electron chi connectivity index (χ4n) is 2.64. The molecule has 0 saturated carbocycles. The first kappa shape index (κ1) is 16.5. The van der Waals surface area contributed by atoms with Crippen LogP contribution in [0, 0.1) is 0 Å². The molecule has 8 heteroatoms. The Hall–Kier alpha value is -2.93. The maximum atomic E-state index is 13.6. The van der Waals surface area contributed by atoms with E-state index < -0.39 is 11.9 Å². The Morgan fingerprint density at radius 2 is 1.50 bits per heavy atom. The van der Waals surface area contributed by atoms with Crippen molar-refractivity contribution in [2.45, 2.75) is 6.18 Å². The first-order valence-corrected chi connectivity index (χ1v) is 7.95. The summed E-state index contributed by atoms with van der Waals surface area (Å²) in [5.74, 6) is -0.369. The normalized spacial score (nSPS) is 11.8. The van der Waals surface area contributed by atoms with E-state index in [0.29, 0.717) is 21.8 Å². The van der Waals surface area contributed by atoms with E-state index in [4.69, 9.17) is 11.6 Å². The monoisotopic (exact) mass is 374 g/mol. The summed E-state index contributed by atoms with van der Waals surface area (Å²) in [5, 5.41) is 4.58. The van der Waals surface area contributed by atoms with E-state index in [1.165, 1.54) is 12.3 Å². The molecular formula is C18H10ClF3N4. The highest BCUT2D eigenvalue weighted by molar-refractivity contribution is 6.30. The molecule has 0 amide bonds. The predicted octanol–water partition coefficient (Wildman–Crippen LogP) is 5.15. The summed E-state index contributed by atoms with van der Waals surface area (Å²) in [7, 11) is 0. The molecule has 0 aliphatic rings. The zero-order valence-electron chi connectivity index (χ0n) is 13.1. The second kappa shape index (κ2) is 6.10. The van der Waals surface area contributed by atoms with Crippen LogP contribution in [0.15, 0.2) is 60.8 Å². The number of nitrogens with zero attached hydrogens (tertiary/aromatic N) is 4. The van der Waals surface area contributed by atoms with Gasteiger partial charge in [0, 0.05) is 10.6 Å². The molecule has 130 valence electrons. The molecule has 26 heavy (non-hydrogen) atoms. The maximum Gasteiger partial charge on any atom is 0.437 e. The Bertz CT molecular complexity index is 1090. The van der Waals surface area contributed by atoms with Crippen LogP contribution in [-0.2, 0) is 6.18 Å². The highest BCUT2D eigenvalue weighted by Gasteiger charge is 2.38. The minimum Gasteiger partial charge on any atom is -0.238 e. The molecule has 2 aromatic carbocycles. The van der Waals surface area contributed by atoms with Gasteiger partial charge in [0.15, 0.2) is 11.5 Å². The van der Waals surface area contributed by atoms with Gasteiger partial charge in [-0.3, -0.25) is 0 Å². The van der Waals surface area contributed by atoms with Gasteiger partial charge in [0.1, 0.15) is 0 Å². The third-order valence-corrected chi connectivity index (χ3v) is 4.06. The molecule has 0 aliphatic carbocycles. The molecule has 0 spiro atoms. The molecule has 4 aromatic rings. The van der Waals surface area contributed by atoms with Crippen molar-refractivity contribution in [2.75, 3.05) is 0 Å². The number of benzene rings is 2. The van der Waals surface area contributed by atoms with E-state index in [-0.39, 0.29) is 11.3 Å². The molecule has 0 atom stereocenters. The summed E-state index contributed by atoms with van der Waals surface area (Å²) < 4.78 is 41.9. The Balaban J connectivity index is 1.98. The van der Waals surface area contributed by atoms with Gasteiger partial charge in [0.25, 0.3) is 0 Å². The number of aromatic nitrogens is 4. The van der Waals surface area contributed by atoms with Gasteiger partial charge in [-0.25, -0.2) is 14.6 Å². The zero-order chi connectivity index (χ0) is 18.3. The molecule has 2 heterocycles. The second-order valence-electron chi connectivity index (χ2n) is 5.52. The third-order valence-electron chi connectivity index (χ3n) is 3.80. The lowest BCUT2D eigenvalue weighted by Crippen LogP contribution is -2.16. The van der Waals surface area contributed by atoms with Crippen molar-refractivity contribution in [3.8, 4) is 17.1 Å². The number of para-hydroxylation sites is 2. The van der Waals surface area contributed by atoms with Gasteiger partial charge < -0.3 is 0 Å². The number of halogens is 4. The van der Waals surface area contributed by atoms with Crippen LogP contribution in [0.1, 0.15) is 5.69 Å². The average Bonchev–Trinajstić information content (AvgIpc) is 3.10. The van der Waals surface area contributed by atoms with E-state index in [0.717, 1.165) is 4.68 Å². The molecule has 0 bridgehead atoms. The number of hydrogen-bond donors (Lipinski definition) is 0. The smallest absolute Gasteiger partial charge is 0.238 e. The molecule has 4 rings (SSSR count). The number of alkyl halides is 3. The van der Waals surface area contributed by atoms with E-state index >= 15 is 0 Å². The number of rotatable bonds is 2. The topological polar surface area (TPSA) is 43.6 Å². The minimum absolute atomic E-state index is 0.170. The van der Waals surface area contributed by atoms with Crippen molar-refractivity contribution in [3.63, 3.8) is 0 Å². The summed E-state index contributed by atoms with van der Waals surface area (Å²) in [4.78, 5) is 7.96. The Morgan fingerprint density at radius 3 is 2.15 bits per heavy atom. The van der Waals surface area contributed by atoms with Crippen molar-refractivity contribution < 1.29 is 13.2 Å². The van der Waals surface area contributed by atoms with Gasteiger partial charge in [0.2, 0.25) is 0 Å². The molecule has 0 unspecified atom stereocenters. The van der Waals surface area contributed by atoms with Crippen molar-refractivity contribution in [2.24, 2.45) is 0 Å². The molecular weight excluding hydrogens is 365 g/mol. The largest absolute Gasteiger partial charge is 0.437 e. The van der Waals surface area contributed by atoms with E-state index in [2.05, 4.69) is 15.1 Å². The predicted molar refractivity (Wildman–Crippen MR) is 92.1 cm³/mol. The van der Waals surface area contributed by atoms with Gasteiger partial charge in [-0.15, -0.1) is 0 Å². The van der Waals surface area contributed by atoms with Crippen LogP contribution < -0.4 is 0 Å². The highest BCUT2D eigenvalue weighted by atomic mass is 35.5. The summed E-state index contributed by atoms with van der Waals surface area (Å²) in [6.45, 7) is 0. The average molecular weight is 375 g/mol. The number of hydrogen-bond acceptors (Lipinski definition) is 3. The summed E-state index contributed by atoms with van der Waals surface area (Å²) in [6, 6.07) is 14.7. The third kappa shape index (κ3) is 2.90.